The fourth-order valence-corrected chi connectivity index (χ4v) is 5.41. The minimum Gasteiger partial charge on any atom is -0.495 e. The van der Waals surface area contributed by atoms with Crippen molar-refractivity contribution in [2.24, 2.45) is 11.8 Å². The summed E-state index contributed by atoms with van der Waals surface area (Å²) < 4.78 is 38.4. The molecule has 9 heteroatoms. The van der Waals surface area contributed by atoms with E-state index < -0.39 is 22.6 Å². The van der Waals surface area contributed by atoms with Crippen molar-refractivity contribution in [2.75, 3.05) is 33.9 Å². The number of methoxy groups -OCH3 is 1. The van der Waals surface area contributed by atoms with Crippen molar-refractivity contribution in [3.8, 4) is 5.75 Å². The smallest absolute Gasteiger partial charge is 0.338 e. The van der Waals surface area contributed by atoms with E-state index in [2.05, 4.69) is 0 Å². The van der Waals surface area contributed by atoms with Gasteiger partial charge in [0, 0.05) is 26.2 Å². The zero-order chi connectivity index (χ0) is 22.6. The summed E-state index contributed by atoms with van der Waals surface area (Å²) in [5, 5.41) is 0. The van der Waals surface area contributed by atoms with Crippen LogP contribution >= 0.6 is 0 Å². The van der Waals surface area contributed by atoms with Gasteiger partial charge in [0.1, 0.15) is 10.6 Å². The van der Waals surface area contributed by atoms with Gasteiger partial charge in [-0.3, -0.25) is 4.79 Å². The van der Waals surface area contributed by atoms with Crippen molar-refractivity contribution in [1.82, 2.24) is 9.21 Å². The predicted octanol–water partition coefficient (Wildman–Crippen LogP) is 2.39. The van der Waals surface area contributed by atoms with Gasteiger partial charge in [0.05, 0.1) is 12.7 Å². The van der Waals surface area contributed by atoms with E-state index in [1.165, 1.54) is 34.5 Å². The van der Waals surface area contributed by atoms with E-state index in [4.69, 9.17) is 9.47 Å². The third-order valence-electron chi connectivity index (χ3n) is 5.35. The number of rotatable bonds is 7. The van der Waals surface area contributed by atoms with Gasteiger partial charge in [-0.15, -0.1) is 0 Å². The summed E-state index contributed by atoms with van der Waals surface area (Å²) in [5.41, 5.74) is 0.0486. The number of benzene rings is 1. The Morgan fingerprint density at radius 3 is 2.33 bits per heavy atom. The molecule has 0 spiro atoms. The van der Waals surface area contributed by atoms with E-state index in [9.17, 15) is 18.0 Å². The maximum atomic E-state index is 13.3. The zero-order valence-corrected chi connectivity index (χ0v) is 19.4. The van der Waals surface area contributed by atoms with Gasteiger partial charge in [-0.05, 0) is 50.3 Å². The highest BCUT2D eigenvalue weighted by atomic mass is 32.2. The van der Waals surface area contributed by atoms with E-state index in [0.29, 0.717) is 13.1 Å². The number of piperidine rings is 1. The largest absolute Gasteiger partial charge is 0.495 e. The molecule has 2 unspecified atom stereocenters. The number of carbonyl (C=O) groups is 2. The van der Waals surface area contributed by atoms with Crippen molar-refractivity contribution < 1.29 is 27.5 Å². The molecule has 0 radical (unpaired) electrons. The Hall–Kier alpha value is -2.13. The summed E-state index contributed by atoms with van der Waals surface area (Å²) in [6.07, 6.45) is 0.967. The number of sulfonamides is 1. The minimum atomic E-state index is -3.86. The van der Waals surface area contributed by atoms with Gasteiger partial charge in [0.2, 0.25) is 10.0 Å². The van der Waals surface area contributed by atoms with Gasteiger partial charge in [-0.2, -0.15) is 4.31 Å². The van der Waals surface area contributed by atoms with Gasteiger partial charge < -0.3 is 14.4 Å². The lowest BCUT2D eigenvalue weighted by molar-refractivity contribution is -0.134. The predicted molar refractivity (Wildman–Crippen MR) is 113 cm³/mol. The van der Waals surface area contributed by atoms with Crippen LogP contribution < -0.4 is 4.74 Å². The molecule has 0 aliphatic carbocycles. The number of amides is 1. The van der Waals surface area contributed by atoms with Crippen molar-refractivity contribution in [3.63, 3.8) is 0 Å². The maximum absolute atomic E-state index is 13.3. The van der Waals surface area contributed by atoms with E-state index in [1.807, 2.05) is 27.7 Å². The molecule has 1 aliphatic heterocycles. The van der Waals surface area contributed by atoms with Gasteiger partial charge >= 0.3 is 5.97 Å². The summed E-state index contributed by atoms with van der Waals surface area (Å²) in [7, 11) is -0.850. The molecule has 1 saturated heterocycles. The molecule has 2 atom stereocenters. The molecule has 1 fully saturated rings. The summed E-state index contributed by atoms with van der Waals surface area (Å²) >= 11 is 0. The van der Waals surface area contributed by atoms with E-state index >= 15 is 0 Å². The average Bonchev–Trinajstić information content (AvgIpc) is 2.69. The number of ether oxygens (including phenoxy) is 2. The molecule has 1 heterocycles. The van der Waals surface area contributed by atoms with Crippen LogP contribution in [0.1, 0.15) is 44.5 Å². The van der Waals surface area contributed by atoms with Crippen LogP contribution in [0.25, 0.3) is 0 Å². The lowest BCUT2D eigenvalue weighted by atomic mass is 9.94. The Bertz CT molecular complexity index is 873. The average molecular weight is 441 g/mol. The van der Waals surface area contributed by atoms with Crippen LogP contribution in [-0.4, -0.2) is 69.4 Å². The quantitative estimate of drug-likeness (QED) is 0.605. The molecule has 30 heavy (non-hydrogen) atoms. The van der Waals surface area contributed by atoms with E-state index in [1.54, 1.807) is 7.05 Å². The Morgan fingerprint density at radius 2 is 1.80 bits per heavy atom. The van der Waals surface area contributed by atoms with Crippen LogP contribution in [0, 0.1) is 11.8 Å². The molecular weight excluding hydrogens is 408 g/mol. The molecule has 0 bridgehead atoms. The number of carbonyl (C=O) groups excluding carboxylic acids is 2. The maximum Gasteiger partial charge on any atom is 0.338 e. The SMILES string of the molecule is COc1ccc(C(=O)OCC(=O)N(C)C(C)C)cc1S(=O)(=O)N1CC(C)CC(C)C1. The first-order valence-corrected chi connectivity index (χ1v) is 11.5. The first-order chi connectivity index (χ1) is 14.0. The lowest BCUT2D eigenvalue weighted by Crippen LogP contribution is -2.42. The van der Waals surface area contributed by atoms with Crippen molar-refractivity contribution in [3.05, 3.63) is 23.8 Å². The topological polar surface area (TPSA) is 93.2 Å². The molecule has 0 N–H and O–H groups in total. The van der Waals surface area contributed by atoms with Gasteiger partial charge in [-0.1, -0.05) is 13.8 Å². The van der Waals surface area contributed by atoms with Crippen molar-refractivity contribution >= 4 is 21.9 Å². The van der Waals surface area contributed by atoms with Gasteiger partial charge in [0.15, 0.2) is 6.61 Å². The monoisotopic (exact) mass is 440 g/mol. The van der Waals surface area contributed by atoms with Gasteiger partial charge in [-0.25, -0.2) is 13.2 Å². The molecule has 1 aliphatic rings. The summed E-state index contributed by atoms with van der Waals surface area (Å²) in [5.74, 6) is -0.456. The highest BCUT2D eigenvalue weighted by Crippen LogP contribution is 2.32. The van der Waals surface area contributed by atoms with Crippen LogP contribution in [0.2, 0.25) is 0 Å². The first kappa shape index (κ1) is 24.1. The van der Waals surface area contributed by atoms with Crippen molar-refractivity contribution in [1.29, 1.82) is 0 Å². The second kappa shape index (κ2) is 9.78. The normalized spacial score (nSPS) is 20.1. The number of likely N-dealkylation sites (N-methyl/N-ethyl adjacent to an activating group) is 1. The van der Waals surface area contributed by atoms with Crippen LogP contribution in [0.5, 0.6) is 5.75 Å². The second-order valence-corrected chi connectivity index (χ2v) is 10.2. The van der Waals surface area contributed by atoms with E-state index in [-0.39, 0.29) is 40.0 Å². The third kappa shape index (κ3) is 5.51. The number of esters is 1. The molecule has 2 rings (SSSR count). The lowest BCUT2D eigenvalue weighted by Gasteiger charge is -2.34. The molecule has 8 nitrogen and oxygen atoms in total. The molecule has 1 aromatic rings. The first-order valence-electron chi connectivity index (χ1n) is 10.1. The molecule has 0 saturated carbocycles. The fourth-order valence-electron chi connectivity index (χ4n) is 3.55. The summed E-state index contributed by atoms with van der Waals surface area (Å²) in [6, 6.07) is 4.10. The van der Waals surface area contributed by atoms with Crippen LogP contribution in [0.15, 0.2) is 23.1 Å². The Labute approximate surface area is 179 Å². The zero-order valence-electron chi connectivity index (χ0n) is 18.5. The molecular formula is C21H32N2O6S. The van der Waals surface area contributed by atoms with E-state index in [0.717, 1.165) is 6.42 Å². The van der Waals surface area contributed by atoms with Crippen LogP contribution in [0.4, 0.5) is 0 Å². The second-order valence-electron chi connectivity index (χ2n) is 8.31. The Balaban J connectivity index is 2.26. The Morgan fingerprint density at radius 1 is 1.20 bits per heavy atom. The number of nitrogens with zero attached hydrogens (tertiary/aromatic N) is 2. The number of hydrogen-bond acceptors (Lipinski definition) is 6. The van der Waals surface area contributed by atoms with Crippen molar-refractivity contribution in [2.45, 2.75) is 45.1 Å². The highest BCUT2D eigenvalue weighted by Gasteiger charge is 2.34. The standard InChI is InChI=1S/C21H32N2O6S/c1-14(2)22(5)20(24)13-29-21(25)17-7-8-18(28-6)19(10-17)30(26,27)23-11-15(3)9-16(4)12-23/h7-8,10,14-16H,9,11-13H2,1-6H3. The summed E-state index contributed by atoms with van der Waals surface area (Å²) in [4.78, 5) is 25.9. The van der Waals surface area contributed by atoms with Crippen LogP contribution in [0.3, 0.4) is 0 Å². The molecule has 168 valence electrons. The summed E-state index contributed by atoms with van der Waals surface area (Å²) in [6.45, 7) is 8.16. The fraction of sp³-hybridized carbons (Fsp3) is 0.619. The Kier molecular flexibility index (Phi) is 7.87. The van der Waals surface area contributed by atoms with Crippen LogP contribution in [-0.2, 0) is 19.6 Å². The highest BCUT2D eigenvalue weighted by molar-refractivity contribution is 7.89. The molecule has 1 aromatic carbocycles. The third-order valence-corrected chi connectivity index (χ3v) is 7.20. The molecule has 0 aromatic heterocycles. The number of hydrogen-bond donors (Lipinski definition) is 0. The van der Waals surface area contributed by atoms with Gasteiger partial charge in [0.25, 0.3) is 5.91 Å². The minimum absolute atomic E-state index is 0.0248. The molecule has 1 amide bonds.